The maximum absolute atomic E-state index is 12.2. The van der Waals surface area contributed by atoms with Gasteiger partial charge in [-0.05, 0) is 39.2 Å². The van der Waals surface area contributed by atoms with E-state index in [1.165, 1.54) is 11.1 Å². The molecule has 1 aliphatic carbocycles. The van der Waals surface area contributed by atoms with Gasteiger partial charge in [0.2, 0.25) is 5.91 Å². The number of carbonyl (C=O) groups is 1. The Morgan fingerprint density at radius 2 is 1.95 bits per heavy atom. The predicted octanol–water partition coefficient (Wildman–Crippen LogP) is 3.74. The van der Waals surface area contributed by atoms with Crippen molar-refractivity contribution >= 4 is 12.0 Å². The Morgan fingerprint density at radius 1 is 1.32 bits per heavy atom. The molecule has 102 valence electrons. The van der Waals surface area contributed by atoms with Gasteiger partial charge in [0.1, 0.15) is 0 Å². The average molecular weight is 257 g/mol. The highest BCUT2D eigenvalue weighted by Gasteiger charge is 2.34. The van der Waals surface area contributed by atoms with E-state index < -0.39 is 0 Å². The summed E-state index contributed by atoms with van der Waals surface area (Å²) in [5.41, 5.74) is 2.43. The molecular formula is C17H23NO. The minimum Gasteiger partial charge on any atom is -0.336 e. The molecule has 1 aromatic rings. The van der Waals surface area contributed by atoms with Crippen molar-refractivity contribution < 1.29 is 4.79 Å². The number of amides is 1. The van der Waals surface area contributed by atoms with Crippen LogP contribution in [0.25, 0.3) is 6.08 Å². The van der Waals surface area contributed by atoms with E-state index in [2.05, 4.69) is 39.0 Å². The van der Waals surface area contributed by atoms with E-state index in [9.17, 15) is 4.79 Å². The molecule has 0 saturated heterocycles. The average Bonchev–Trinajstić information content (AvgIpc) is 3.20. The molecule has 1 saturated carbocycles. The molecule has 19 heavy (non-hydrogen) atoms. The quantitative estimate of drug-likeness (QED) is 0.787. The van der Waals surface area contributed by atoms with E-state index >= 15 is 0 Å². The molecule has 0 atom stereocenters. The molecule has 0 aromatic heterocycles. The van der Waals surface area contributed by atoms with E-state index in [0.29, 0.717) is 11.8 Å². The Labute approximate surface area is 116 Å². The van der Waals surface area contributed by atoms with Gasteiger partial charge in [-0.15, -0.1) is 0 Å². The first-order valence-electron chi connectivity index (χ1n) is 7.10. The second kappa shape index (κ2) is 6.05. The molecule has 1 fully saturated rings. The molecular weight excluding hydrogens is 234 g/mol. The Kier molecular flexibility index (Phi) is 4.41. The molecule has 1 aliphatic rings. The number of carbonyl (C=O) groups excluding carboxylic acids is 1. The van der Waals surface area contributed by atoms with Gasteiger partial charge in [-0.3, -0.25) is 4.79 Å². The Morgan fingerprint density at radius 3 is 2.47 bits per heavy atom. The maximum Gasteiger partial charge on any atom is 0.226 e. The highest BCUT2D eigenvalue weighted by Crippen LogP contribution is 2.31. The number of rotatable bonds is 5. The molecule has 0 spiro atoms. The second-order valence-electron chi connectivity index (χ2n) is 5.74. The number of nitrogens with zero attached hydrogens (tertiary/aromatic N) is 1. The van der Waals surface area contributed by atoms with Crippen LogP contribution < -0.4 is 0 Å². The van der Waals surface area contributed by atoms with Crippen LogP contribution in [-0.4, -0.2) is 23.4 Å². The van der Waals surface area contributed by atoms with Gasteiger partial charge in [0.05, 0.1) is 0 Å². The molecule has 2 nitrogen and oxygen atoms in total. The zero-order valence-corrected chi connectivity index (χ0v) is 12.1. The molecule has 1 amide bonds. The summed E-state index contributed by atoms with van der Waals surface area (Å²) in [5, 5.41) is 0. The fourth-order valence-corrected chi connectivity index (χ4v) is 2.23. The highest BCUT2D eigenvalue weighted by atomic mass is 16.2. The van der Waals surface area contributed by atoms with E-state index in [0.717, 1.165) is 19.4 Å². The largest absolute Gasteiger partial charge is 0.336 e. The minimum absolute atomic E-state index is 0.271. The third-order valence-electron chi connectivity index (χ3n) is 3.47. The SMILES string of the molecule is CC(=Cc1ccccc1)CN(C(=O)C1CC1)C(C)C. The number of benzene rings is 1. The summed E-state index contributed by atoms with van der Waals surface area (Å²) in [4.78, 5) is 14.2. The Bertz CT molecular complexity index is 457. The van der Waals surface area contributed by atoms with Gasteiger partial charge >= 0.3 is 0 Å². The Hall–Kier alpha value is -1.57. The predicted molar refractivity (Wildman–Crippen MR) is 79.7 cm³/mol. The molecule has 0 N–H and O–H groups in total. The van der Waals surface area contributed by atoms with E-state index in [1.807, 2.05) is 23.1 Å². The number of hydrogen-bond donors (Lipinski definition) is 0. The summed E-state index contributed by atoms with van der Waals surface area (Å²) in [5.74, 6) is 0.628. The van der Waals surface area contributed by atoms with Crippen LogP contribution in [-0.2, 0) is 4.79 Å². The Balaban J connectivity index is 2.04. The van der Waals surface area contributed by atoms with E-state index in [4.69, 9.17) is 0 Å². The lowest BCUT2D eigenvalue weighted by Gasteiger charge is -2.27. The third kappa shape index (κ3) is 3.95. The van der Waals surface area contributed by atoms with Gasteiger partial charge in [0.15, 0.2) is 0 Å². The van der Waals surface area contributed by atoms with Crippen molar-refractivity contribution in [3.63, 3.8) is 0 Å². The summed E-state index contributed by atoms with van der Waals surface area (Å²) >= 11 is 0. The van der Waals surface area contributed by atoms with Crippen LogP contribution in [0.15, 0.2) is 35.9 Å². The van der Waals surface area contributed by atoms with Crippen LogP contribution in [0.5, 0.6) is 0 Å². The fraction of sp³-hybridized carbons (Fsp3) is 0.471. The highest BCUT2D eigenvalue weighted by molar-refractivity contribution is 5.81. The van der Waals surface area contributed by atoms with Gasteiger partial charge in [-0.1, -0.05) is 42.0 Å². The van der Waals surface area contributed by atoms with Gasteiger partial charge < -0.3 is 4.90 Å². The lowest BCUT2D eigenvalue weighted by Crippen LogP contribution is -2.39. The topological polar surface area (TPSA) is 20.3 Å². The van der Waals surface area contributed by atoms with Gasteiger partial charge in [-0.25, -0.2) is 0 Å². The van der Waals surface area contributed by atoms with Gasteiger partial charge in [-0.2, -0.15) is 0 Å². The second-order valence-corrected chi connectivity index (χ2v) is 5.74. The van der Waals surface area contributed by atoms with Gasteiger partial charge in [0, 0.05) is 18.5 Å². The van der Waals surface area contributed by atoms with Crippen molar-refractivity contribution in [3.8, 4) is 0 Å². The van der Waals surface area contributed by atoms with Crippen LogP contribution in [0.3, 0.4) is 0 Å². The summed E-state index contributed by atoms with van der Waals surface area (Å²) in [6, 6.07) is 10.5. The van der Waals surface area contributed by atoms with Crippen LogP contribution >= 0.6 is 0 Å². The van der Waals surface area contributed by atoms with Crippen molar-refractivity contribution in [3.05, 3.63) is 41.5 Å². The fourth-order valence-electron chi connectivity index (χ4n) is 2.23. The maximum atomic E-state index is 12.2. The van der Waals surface area contributed by atoms with Crippen molar-refractivity contribution in [1.82, 2.24) is 4.90 Å². The first-order chi connectivity index (χ1) is 9.08. The van der Waals surface area contributed by atoms with Crippen LogP contribution in [0.1, 0.15) is 39.2 Å². The summed E-state index contributed by atoms with van der Waals surface area (Å²) in [6.07, 6.45) is 4.31. The third-order valence-corrected chi connectivity index (χ3v) is 3.47. The van der Waals surface area contributed by atoms with Crippen molar-refractivity contribution in [1.29, 1.82) is 0 Å². The summed E-state index contributed by atoms with van der Waals surface area (Å²) < 4.78 is 0. The zero-order chi connectivity index (χ0) is 13.8. The standard InChI is InChI=1S/C17H23NO/c1-13(2)18(17(19)16-9-10-16)12-14(3)11-15-7-5-4-6-8-15/h4-8,11,13,16H,9-10,12H2,1-3H3. The van der Waals surface area contributed by atoms with E-state index in [-0.39, 0.29) is 6.04 Å². The number of hydrogen-bond acceptors (Lipinski definition) is 1. The molecule has 0 heterocycles. The monoisotopic (exact) mass is 257 g/mol. The van der Waals surface area contributed by atoms with E-state index in [1.54, 1.807) is 0 Å². The zero-order valence-electron chi connectivity index (χ0n) is 12.1. The van der Waals surface area contributed by atoms with Crippen molar-refractivity contribution in [2.45, 2.75) is 39.7 Å². The molecule has 2 heteroatoms. The summed E-state index contributed by atoms with van der Waals surface area (Å²) in [6.45, 7) is 7.02. The van der Waals surface area contributed by atoms with Gasteiger partial charge in [0.25, 0.3) is 0 Å². The molecule has 1 aromatic carbocycles. The molecule has 0 unspecified atom stereocenters. The first kappa shape index (κ1) is 13.9. The van der Waals surface area contributed by atoms with Crippen LogP contribution in [0.4, 0.5) is 0 Å². The van der Waals surface area contributed by atoms with Crippen LogP contribution in [0, 0.1) is 5.92 Å². The van der Waals surface area contributed by atoms with Crippen molar-refractivity contribution in [2.75, 3.05) is 6.54 Å². The molecule has 2 rings (SSSR count). The minimum atomic E-state index is 0.271. The lowest BCUT2D eigenvalue weighted by molar-refractivity contribution is -0.133. The molecule has 0 bridgehead atoms. The smallest absolute Gasteiger partial charge is 0.226 e. The summed E-state index contributed by atoms with van der Waals surface area (Å²) in [7, 11) is 0. The van der Waals surface area contributed by atoms with Crippen molar-refractivity contribution in [2.24, 2.45) is 5.92 Å². The van der Waals surface area contributed by atoms with Crippen LogP contribution in [0.2, 0.25) is 0 Å². The normalized spacial score (nSPS) is 15.7. The molecule has 0 radical (unpaired) electrons. The first-order valence-corrected chi connectivity index (χ1v) is 7.10. The lowest BCUT2D eigenvalue weighted by atomic mass is 10.1. The molecule has 0 aliphatic heterocycles.